The number of aryl methyl sites for hydroxylation is 1. The summed E-state index contributed by atoms with van der Waals surface area (Å²) < 4.78 is 7.65. The summed E-state index contributed by atoms with van der Waals surface area (Å²) in [5.74, 6) is 1.19. The maximum atomic E-state index is 12.5. The van der Waals surface area contributed by atoms with E-state index >= 15 is 0 Å². The first-order chi connectivity index (χ1) is 16.9. The van der Waals surface area contributed by atoms with Crippen LogP contribution in [-0.2, 0) is 29.1 Å². The van der Waals surface area contributed by atoms with Crippen molar-refractivity contribution in [3.05, 3.63) is 71.5 Å². The molecule has 2 N–H and O–H groups in total. The van der Waals surface area contributed by atoms with Gasteiger partial charge in [-0.25, -0.2) is 0 Å². The zero-order chi connectivity index (χ0) is 25.2. The van der Waals surface area contributed by atoms with E-state index in [1.807, 2.05) is 73.0 Å². The number of nitrogens with zero attached hydrogens (tertiary/aromatic N) is 3. The molecule has 1 heterocycles. The van der Waals surface area contributed by atoms with Gasteiger partial charge in [-0.3, -0.25) is 9.59 Å². The fraction of sp³-hybridized carbons (Fsp3) is 0.385. The van der Waals surface area contributed by atoms with Gasteiger partial charge in [0.2, 0.25) is 5.91 Å². The van der Waals surface area contributed by atoms with Crippen LogP contribution >= 0.6 is 11.8 Å². The van der Waals surface area contributed by atoms with Crippen LogP contribution in [0.25, 0.3) is 0 Å². The number of aromatic nitrogens is 3. The van der Waals surface area contributed by atoms with E-state index < -0.39 is 6.10 Å². The van der Waals surface area contributed by atoms with Crippen molar-refractivity contribution in [1.29, 1.82) is 0 Å². The van der Waals surface area contributed by atoms with Crippen LogP contribution in [0.5, 0.6) is 5.75 Å². The summed E-state index contributed by atoms with van der Waals surface area (Å²) >= 11 is 1.32. The van der Waals surface area contributed by atoms with Gasteiger partial charge in [0, 0.05) is 6.54 Å². The summed E-state index contributed by atoms with van der Waals surface area (Å²) in [6.07, 6.45) is 0.302. The average Bonchev–Trinajstić information content (AvgIpc) is 3.28. The van der Waals surface area contributed by atoms with E-state index in [0.717, 1.165) is 12.0 Å². The molecule has 186 valence electrons. The van der Waals surface area contributed by atoms with Crippen LogP contribution < -0.4 is 15.4 Å². The highest BCUT2D eigenvalue weighted by Crippen LogP contribution is 2.18. The number of ether oxygens (including phenoxy) is 1. The lowest BCUT2D eigenvalue weighted by atomic mass is 10.1. The second kappa shape index (κ2) is 12.9. The summed E-state index contributed by atoms with van der Waals surface area (Å²) in [5, 5.41) is 14.9. The number of hydrogen-bond acceptors (Lipinski definition) is 6. The Balaban J connectivity index is 1.49. The van der Waals surface area contributed by atoms with Crippen molar-refractivity contribution in [3.63, 3.8) is 0 Å². The number of carbonyl (C=O) groups is 2. The van der Waals surface area contributed by atoms with E-state index in [9.17, 15) is 9.59 Å². The van der Waals surface area contributed by atoms with E-state index in [0.29, 0.717) is 23.3 Å². The van der Waals surface area contributed by atoms with Gasteiger partial charge in [0.1, 0.15) is 5.75 Å². The molecule has 3 aromatic rings. The number of rotatable bonds is 12. The number of carbonyl (C=O) groups excluding carboxylic acids is 2. The van der Waals surface area contributed by atoms with Crippen LogP contribution in [0, 0.1) is 0 Å². The minimum atomic E-state index is -0.649. The van der Waals surface area contributed by atoms with E-state index in [1.54, 1.807) is 6.92 Å². The van der Waals surface area contributed by atoms with Crippen LogP contribution in [0.15, 0.2) is 59.8 Å². The van der Waals surface area contributed by atoms with Crippen molar-refractivity contribution in [2.45, 2.75) is 64.5 Å². The normalized spacial score (nSPS) is 12.6. The Morgan fingerprint density at radius 2 is 1.74 bits per heavy atom. The van der Waals surface area contributed by atoms with Gasteiger partial charge >= 0.3 is 0 Å². The van der Waals surface area contributed by atoms with Gasteiger partial charge in [-0.15, -0.1) is 10.2 Å². The minimum absolute atomic E-state index is 0.0760. The second-order valence-electron chi connectivity index (χ2n) is 8.11. The maximum Gasteiger partial charge on any atom is 0.261 e. The quantitative estimate of drug-likeness (QED) is 0.370. The molecule has 0 bridgehead atoms. The molecule has 0 aliphatic rings. The summed E-state index contributed by atoms with van der Waals surface area (Å²) in [7, 11) is 0. The van der Waals surface area contributed by atoms with Gasteiger partial charge in [-0.05, 0) is 50.5 Å². The molecule has 0 saturated carbocycles. The third kappa shape index (κ3) is 7.58. The Kier molecular flexibility index (Phi) is 9.72. The molecule has 2 aromatic carbocycles. The molecule has 2 atom stereocenters. The molecule has 0 aliphatic carbocycles. The van der Waals surface area contributed by atoms with Crippen LogP contribution in [0.1, 0.15) is 50.7 Å². The van der Waals surface area contributed by atoms with E-state index in [4.69, 9.17) is 4.74 Å². The molecule has 8 nitrogen and oxygen atoms in total. The van der Waals surface area contributed by atoms with Crippen molar-refractivity contribution >= 4 is 23.6 Å². The Morgan fingerprint density at radius 3 is 2.40 bits per heavy atom. The summed E-state index contributed by atoms with van der Waals surface area (Å²) in [5.41, 5.74) is 2.27. The van der Waals surface area contributed by atoms with Crippen LogP contribution in [0.3, 0.4) is 0 Å². The predicted molar refractivity (Wildman–Crippen MR) is 137 cm³/mol. The van der Waals surface area contributed by atoms with Crippen molar-refractivity contribution in [3.8, 4) is 5.75 Å². The maximum absolute atomic E-state index is 12.5. The Hall–Kier alpha value is -3.33. The molecule has 3 rings (SSSR count). The van der Waals surface area contributed by atoms with Crippen LogP contribution in [-0.4, -0.2) is 38.4 Å². The molecule has 0 spiro atoms. The molecular formula is C26H33N5O3S. The van der Waals surface area contributed by atoms with Gasteiger partial charge in [0.05, 0.1) is 18.3 Å². The largest absolute Gasteiger partial charge is 0.481 e. The standard InChI is InChI=1S/C26H33N5O3S/c1-5-20-12-14-22(15-13-20)34-19(4)25(33)27-16-23-29-30-26(31(23)6-2)35-17-24(32)28-18(3)21-10-8-7-9-11-21/h7-15,18-19H,5-6,16-17H2,1-4H3,(H,27,33)(H,28,32)/t18-,19+/m1/s1. The average molecular weight is 496 g/mol. The number of thioether (sulfide) groups is 1. The first kappa shape index (κ1) is 26.3. The van der Waals surface area contributed by atoms with E-state index in [2.05, 4.69) is 27.8 Å². The lowest BCUT2D eigenvalue weighted by Crippen LogP contribution is -2.36. The molecule has 35 heavy (non-hydrogen) atoms. The minimum Gasteiger partial charge on any atom is -0.481 e. The van der Waals surface area contributed by atoms with Gasteiger partial charge in [-0.1, -0.05) is 61.2 Å². The first-order valence-electron chi connectivity index (χ1n) is 11.8. The molecule has 1 aromatic heterocycles. The fourth-order valence-electron chi connectivity index (χ4n) is 3.48. The van der Waals surface area contributed by atoms with E-state index in [-0.39, 0.29) is 30.2 Å². The second-order valence-corrected chi connectivity index (χ2v) is 9.05. The molecule has 0 aliphatic heterocycles. The third-order valence-corrected chi connectivity index (χ3v) is 6.52. The zero-order valence-electron chi connectivity index (χ0n) is 20.7. The van der Waals surface area contributed by atoms with Gasteiger partial charge in [-0.2, -0.15) is 0 Å². The number of nitrogens with one attached hydrogen (secondary N) is 2. The van der Waals surface area contributed by atoms with Crippen molar-refractivity contribution < 1.29 is 14.3 Å². The Bertz CT molecular complexity index is 1100. The molecule has 0 unspecified atom stereocenters. The smallest absolute Gasteiger partial charge is 0.261 e. The van der Waals surface area contributed by atoms with Crippen molar-refractivity contribution in [2.24, 2.45) is 0 Å². The lowest BCUT2D eigenvalue weighted by molar-refractivity contribution is -0.127. The fourth-order valence-corrected chi connectivity index (χ4v) is 4.32. The van der Waals surface area contributed by atoms with Gasteiger partial charge in [0.25, 0.3) is 5.91 Å². The molecule has 0 fully saturated rings. The van der Waals surface area contributed by atoms with E-state index in [1.165, 1.54) is 17.3 Å². The highest BCUT2D eigenvalue weighted by Gasteiger charge is 2.18. The van der Waals surface area contributed by atoms with Gasteiger partial charge < -0.3 is 19.9 Å². The lowest BCUT2D eigenvalue weighted by Gasteiger charge is -2.15. The molecule has 0 radical (unpaired) electrons. The SMILES string of the molecule is CCc1ccc(O[C@@H](C)C(=O)NCc2nnc(SCC(=O)N[C@H](C)c3ccccc3)n2CC)cc1. The highest BCUT2D eigenvalue weighted by atomic mass is 32.2. The Labute approximate surface area is 210 Å². The van der Waals surface area contributed by atoms with Crippen molar-refractivity contribution in [1.82, 2.24) is 25.4 Å². The molecular weight excluding hydrogens is 462 g/mol. The van der Waals surface area contributed by atoms with Crippen molar-refractivity contribution in [2.75, 3.05) is 5.75 Å². The molecule has 2 amide bonds. The topological polar surface area (TPSA) is 98.1 Å². The zero-order valence-corrected chi connectivity index (χ0v) is 21.5. The monoisotopic (exact) mass is 495 g/mol. The highest BCUT2D eigenvalue weighted by molar-refractivity contribution is 7.99. The summed E-state index contributed by atoms with van der Waals surface area (Å²) in [6, 6.07) is 17.5. The number of benzene rings is 2. The molecule has 9 heteroatoms. The molecule has 0 saturated heterocycles. The first-order valence-corrected chi connectivity index (χ1v) is 12.8. The third-order valence-electron chi connectivity index (χ3n) is 5.55. The summed E-state index contributed by atoms with van der Waals surface area (Å²) in [4.78, 5) is 25.0. The Morgan fingerprint density at radius 1 is 1.03 bits per heavy atom. The number of amides is 2. The number of hydrogen-bond donors (Lipinski definition) is 2. The summed E-state index contributed by atoms with van der Waals surface area (Å²) in [6.45, 7) is 8.58. The van der Waals surface area contributed by atoms with Gasteiger partial charge in [0.15, 0.2) is 17.1 Å². The van der Waals surface area contributed by atoms with Crippen LogP contribution in [0.2, 0.25) is 0 Å². The predicted octanol–water partition coefficient (Wildman–Crippen LogP) is 3.91. The van der Waals surface area contributed by atoms with Crippen LogP contribution in [0.4, 0.5) is 0 Å².